The Morgan fingerprint density at radius 1 is 1.31 bits per heavy atom. The van der Waals surface area contributed by atoms with Crippen molar-refractivity contribution in [2.75, 3.05) is 13.6 Å². The van der Waals surface area contributed by atoms with Gasteiger partial charge in [0.25, 0.3) is 5.91 Å². The second-order valence-electron chi connectivity index (χ2n) is 5.21. The number of amides is 1. The molecule has 0 unspecified atom stereocenters. The van der Waals surface area contributed by atoms with E-state index >= 15 is 0 Å². The maximum Gasteiger partial charge on any atom is 0.255 e. The van der Waals surface area contributed by atoms with Crippen LogP contribution in [0.4, 0.5) is 0 Å². The van der Waals surface area contributed by atoms with E-state index in [2.05, 4.69) is 26.5 Å². The Balaban J connectivity index is 1.99. The van der Waals surface area contributed by atoms with Crippen LogP contribution in [0.3, 0.4) is 0 Å². The summed E-state index contributed by atoms with van der Waals surface area (Å²) in [4.78, 5) is 11.9. The van der Waals surface area contributed by atoms with Gasteiger partial charge in [-0.15, -0.1) is 0 Å². The number of phenols is 1. The first-order valence-electron chi connectivity index (χ1n) is 7.22. The molecule has 0 aliphatic rings. The maximum atomic E-state index is 12.4. The zero-order chi connectivity index (χ0) is 19.3. The highest BCUT2D eigenvalue weighted by atomic mass is 79.9. The van der Waals surface area contributed by atoms with Crippen LogP contribution >= 0.6 is 27.5 Å². The smallest absolute Gasteiger partial charge is 0.255 e. The number of likely N-dealkylation sites (N-methyl/N-ethyl adjacent to an activating group) is 1. The van der Waals surface area contributed by atoms with Crippen LogP contribution in [-0.4, -0.2) is 43.5 Å². The normalized spacial score (nSPS) is 11.8. The molecule has 0 saturated carbocycles. The number of hydrogen-bond donors (Lipinski definition) is 2. The maximum absolute atomic E-state index is 12.4. The molecular weight excluding hydrogens is 446 g/mol. The summed E-state index contributed by atoms with van der Waals surface area (Å²) in [5, 5.41) is 13.8. The van der Waals surface area contributed by atoms with Crippen LogP contribution in [0.5, 0.6) is 5.75 Å². The minimum Gasteiger partial charge on any atom is -0.507 e. The third kappa shape index (κ3) is 5.28. The van der Waals surface area contributed by atoms with Gasteiger partial charge in [0.15, 0.2) is 0 Å². The Kier molecular flexibility index (Phi) is 6.76. The van der Waals surface area contributed by atoms with Crippen LogP contribution < -0.4 is 5.43 Å². The number of nitrogens with zero attached hydrogens (tertiary/aromatic N) is 2. The van der Waals surface area contributed by atoms with Gasteiger partial charge in [0.2, 0.25) is 10.0 Å². The molecule has 2 N–H and O–H groups in total. The summed E-state index contributed by atoms with van der Waals surface area (Å²) in [7, 11) is -2.54. The molecule has 0 spiro atoms. The predicted octanol–water partition coefficient (Wildman–Crippen LogP) is 2.58. The Morgan fingerprint density at radius 2 is 1.96 bits per heavy atom. The Morgan fingerprint density at radius 3 is 2.62 bits per heavy atom. The van der Waals surface area contributed by atoms with Gasteiger partial charge in [0, 0.05) is 22.1 Å². The Bertz CT molecular complexity index is 933. The van der Waals surface area contributed by atoms with E-state index in [9.17, 15) is 18.3 Å². The Labute approximate surface area is 164 Å². The topological polar surface area (TPSA) is 99.1 Å². The number of rotatable bonds is 6. The van der Waals surface area contributed by atoms with Gasteiger partial charge in [0.1, 0.15) is 5.75 Å². The number of nitrogens with one attached hydrogen (secondary N) is 1. The minimum atomic E-state index is -3.82. The van der Waals surface area contributed by atoms with Crippen molar-refractivity contribution in [2.45, 2.75) is 4.90 Å². The molecule has 1 amide bonds. The molecule has 26 heavy (non-hydrogen) atoms. The first-order chi connectivity index (χ1) is 12.2. The quantitative estimate of drug-likeness (QED) is 0.511. The molecule has 0 atom stereocenters. The summed E-state index contributed by atoms with van der Waals surface area (Å²) in [5.41, 5.74) is 2.61. The molecule has 10 heteroatoms. The van der Waals surface area contributed by atoms with Gasteiger partial charge in [-0.3, -0.25) is 4.79 Å². The molecular formula is C16H15BrClN3O4S. The van der Waals surface area contributed by atoms with Crippen LogP contribution in [0.15, 0.2) is 56.9 Å². The van der Waals surface area contributed by atoms with Crippen molar-refractivity contribution >= 4 is 49.7 Å². The zero-order valence-corrected chi connectivity index (χ0v) is 16.7. The number of benzene rings is 2. The molecule has 138 valence electrons. The fourth-order valence-electron chi connectivity index (χ4n) is 1.91. The average molecular weight is 461 g/mol. The number of halogens is 2. The molecule has 0 fully saturated rings. The van der Waals surface area contributed by atoms with E-state index in [-0.39, 0.29) is 10.6 Å². The largest absolute Gasteiger partial charge is 0.507 e. The lowest BCUT2D eigenvalue weighted by atomic mass is 10.2. The van der Waals surface area contributed by atoms with Gasteiger partial charge >= 0.3 is 0 Å². The number of aromatic hydroxyl groups is 1. The lowest BCUT2D eigenvalue weighted by Gasteiger charge is -2.16. The minimum absolute atomic E-state index is 0.00590. The molecule has 0 heterocycles. The lowest BCUT2D eigenvalue weighted by Crippen LogP contribution is -2.36. The number of phenolic OH excluding ortho intramolecular Hbond substituents is 1. The van der Waals surface area contributed by atoms with Crippen LogP contribution in [0.1, 0.15) is 5.56 Å². The van der Waals surface area contributed by atoms with Crippen LogP contribution in [0.2, 0.25) is 5.02 Å². The standard InChI is InChI=1S/C16H15BrClN3O4S/c1-21(26(24,25)14-5-3-13(18)4-6-14)10-16(23)20-19-9-11-8-12(17)2-7-15(11)22/h2-9,22H,10H2,1H3,(H,20,23)/b19-9+. The molecule has 7 nitrogen and oxygen atoms in total. The van der Waals surface area contributed by atoms with Crippen LogP contribution in [0.25, 0.3) is 0 Å². The third-order valence-corrected chi connectivity index (χ3v) is 5.83. The van der Waals surface area contributed by atoms with Gasteiger partial charge in [-0.2, -0.15) is 9.41 Å². The zero-order valence-electron chi connectivity index (χ0n) is 13.6. The molecule has 0 aromatic heterocycles. The average Bonchev–Trinajstić information content (AvgIpc) is 2.58. The monoisotopic (exact) mass is 459 g/mol. The van der Waals surface area contributed by atoms with Crippen molar-refractivity contribution in [1.82, 2.24) is 9.73 Å². The number of hydrazone groups is 1. The molecule has 0 aliphatic carbocycles. The van der Waals surface area contributed by atoms with E-state index < -0.39 is 22.5 Å². The second kappa shape index (κ2) is 8.63. The van der Waals surface area contributed by atoms with Crippen molar-refractivity contribution in [3.05, 3.63) is 57.5 Å². The van der Waals surface area contributed by atoms with Crippen LogP contribution in [0, 0.1) is 0 Å². The van der Waals surface area contributed by atoms with Gasteiger partial charge < -0.3 is 5.11 Å². The molecule has 0 saturated heterocycles. The van der Waals surface area contributed by atoms with Crippen LogP contribution in [-0.2, 0) is 14.8 Å². The molecule has 0 aliphatic heterocycles. The van der Waals surface area contributed by atoms with Crippen molar-refractivity contribution in [3.63, 3.8) is 0 Å². The summed E-state index contributed by atoms with van der Waals surface area (Å²) < 4.78 is 26.4. The summed E-state index contributed by atoms with van der Waals surface area (Å²) >= 11 is 9.00. The van der Waals surface area contributed by atoms with Gasteiger partial charge in [0.05, 0.1) is 17.7 Å². The fourth-order valence-corrected chi connectivity index (χ4v) is 3.54. The van der Waals surface area contributed by atoms with Crippen molar-refractivity contribution in [2.24, 2.45) is 5.10 Å². The first kappa shape index (κ1) is 20.4. The van der Waals surface area contributed by atoms with E-state index in [4.69, 9.17) is 11.6 Å². The van der Waals surface area contributed by atoms with Crippen molar-refractivity contribution in [1.29, 1.82) is 0 Å². The van der Waals surface area contributed by atoms with Gasteiger partial charge in [-0.1, -0.05) is 27.5 Å². The summed E-state index contributed by atoms with van der Waals surface area (Å²) in [6, 6.07) is 10.4. The highest BCUT2D eigenvalue weighted by Crippen LogP contribution is 2.20. The van der Waals surface area contributed by atoms with E-state index in [1.165, 1.54) is 43.6 Å². The Hall–Kier alpha value is -1.94. The molecule has 2 rings (SSSR count). The molecule has 2 aromatic carbocycles. The highest BCUT2D eigenvalue weighted by molar-refractivity contribution is 9.10. The van der Waals surface area contributed by atoms with Crippen molar-refractivity contribution < 1.29 is 18.3 Å². The third-order valence-electron chi connectivity index (χ3n) is 3.27. The van der Waals surface area contributed by atoms with Crippen molar-refractivity contribution in [3.8, 4) is 5.75 Å². The number of hydrogen-bond acceptors (Lipinski definition) is 5. The molecule has 2 aromatic rings. The predicted molar refractivity (Wildman–Crippen MR) is 103 cm³/mol. The summed E-state index contributed by atoms with van der Waals surface area (Å²) in [6.07, 6.45) is 1.26. The SMILES string of the molecule is CN(CC(=O)N/N=C/c1cc(Br)ccc1O)S(=O)(=O)c1ccc(Cl)cc1. The number of carbonyl (C=O) groups excluding carboxylic acids is 1. The van der Waals surface area contributed by atoms with E-state index in [0.29, 0.717) is 10.6 Å². The molecule has 0 radical (unpaired) electrons. The van der Waals surface area contributed by atoms with Gasteiger partial charge in [-0.25, -0.2) is 13.8 Å². The second-order valence-corrected chi connectivity index (χ2v) is 8.61. The number of sulfonamides is 1. The summed E-state index contributed by atoms with van der Waals surface area (Å²) in [6.45, 7) is -0.424. The van der Waals surface area contributed by atoms with Gasteiger partial charge in [-0.05, 0) is 42.5 Å². The molecule has 0 bridgehead atoms. The van der Waals surface area contributed by atoms with E-state index in [1.807, 2.05) is 0 Å². The highest BCUT2D eigenvalue weighted by Gasteiger charge is 2.22. The summed E-state index contributed by atoms with van der Waals surface area (Å²) in [5.74, 6) is -0.635. The lowest BCUT2D eigenvalue weighted by molar-refractivity contribution is -0.121. The number of carbonyl (C=O) groups is 1. The van der Waals surface area contributed by atoms with E-state index in [1.54, 1.807) is 12.1 Å². The first-order valence-corrected chi connectivity index (χ1v) is 9.83. The van der Waals surface area contributed by atoms with E-state index in [0.717, 1.165) is 8.78 Å². The fraction of sp³-hybridized carbons (Fsp3) is 0.125.